The van der Waals surface area contributed by atoms with Crippen molar-refractivity contribution in [3.63, 3.8) is 0 Å². The highest BCUT2D eigenvalue weighted by atomic mass is 16.4. The first-order chi connectivity index (χ1) is 9.74. The van der Waals surface area contributed by atoms with Crippen LogP contribution >= 0.6 is 0 Å². The number of oxazole rings is 1. The molecule has 1 atom stereocenters. The SMILES string of the molecule is CC1Cc2ccccc2N1c1nc2c(N)cccc2o1. The lowest BCUT2D eigenvalue weighted by atomic mass is 10.1. The zero-order valence-corrected chi connectivity index (χ0v) is 11.2. The first-order valence-corrected chi connectivity index (χ1v) is 6.76. The van der Waals surface area contributed by atoms with Crippen molar-refractivity contribution in [1.82, 2.24) is 4.98 Å². The Labute approximate surface area is 116 Å². The second-order valence-electron chi connectivity index (χ2n) is 5.24. The van der Waals surface area contributed by atoms with Crippen LogP contribution in [0.15, 0.2) is 46.9 Å². The molecule has 1 aliphatic rings. The molecule has 1 unspecified atom stereocenters. The molecule has 100 valence electrons. The molecule has 0 spiro atoms. The van der Waals surface area contributed by atoms with E-state index < -0.39 is 0 Å². The fraction of sp³-hybridized carbons (Fsp3) is 0.188. The predicted octanol–water partition coefficient (Wildman–Crippen LogP) is 3.49. The molecule has 2 heterocycles. The third-order valence-corrected chi connectivity index (χ3v) is 3.85. The van der Waals surface area contributed by atoms with E-state index in [1.165, 1.54) is 11.3 Å². The van der Waals surface area contributed by atoms with Gasteiger partial charge in [0.05, 0.1) is 5.69 Å². The van der Waals surface area contributed by atoms with Crippen LogP contribution in [0.4, 0.5) is 17.4 Å². The van der Waals surface area contributed by atoms with Gasteiger partial charge in [-0.25, -0.2) is 0 Å². The van der Waals surface area contributed by atoms with Crippen molar-refractivity contribution in [2.45, 2.75) is 19.4 Å². The quantitative estimate of drug-likeness (QED) is 0.684. The van der Waals surface area contributed by atoms with E-state index in [0.29, 0.717) is 17.7 Å². The second-order valence-corrected chi connectivity index (χ2v) is 5.24. The van der Waals surface area contributed by atoms with Crippen molar-refractivity contribution in [2.24, 2.45) is 0 Å². The summed E-state index contributed by atoms with van der Waals surface area (Å²) in [5.74, 6) is 0. The molecule has 4 heteroatoms. The Morgan fingerprint density at radius 2 is 2.05 bits per heavy atom. The van der Waals surface area contributed by atoms with Gasteiger partial charge in [0.1, 0.15) is 5.52 Å². The van der Waals surface area contributed by atoms with Crippen LogP contribution in [0.3, 0.4) is 0 Å². The van der Waals surface area contributed by atoms with Crippen LogP contribution in [0.5, 0.6) is 0 Å². The monoisotopic (exact) mass is 265 g/mol. The van der Waals surface area contributed by atoms with Crippen molar-refractivity contribution >= 4 is 28.5 Å². The Morgan fingerprint density at radius 1 is 1.20 bits per heavy atom. The highest BCUT2D eigenvalue weighted by Gasteiger charge is 2.30. The van der Waals surface area contributed by atoms with Crippen molar-refractivity contribution in [3.8, 4) is 0 Å². The minimum absolute atomic E-state index is 0.335. The molecule has 1 aromatic heterocycles. The summed E-state index contributed by atoms with van der Waals surface area (Å²) >= 11 is 0. The van der Waals surface area contributed by atoms with E-state index >= 15 is 0 Å². The van der Waals surface area contributed by atoms with Gasteiger partial charge in [0.25, 0.3) is 0 Å². The van der Waals surface area contributed by atoms with Gasteiger partial charge in [-0.15, -0.1) is 0 Å². The molecule has 1 aliphatic heterocycles. The number of rotatable bonds is 1. The van der Waals surface area contributed by atoms with Crippen LogP contribution < -0.4 is 10.6 Å². The Morgan fingerprint density at radius 3 is 2.90 bits per heavy atom. The number of para-hydroxylation sites is 2. The Balaban J connectivity index is 1.89. The highest BCUT2D eigenvalue weighted by molar-refractivity contribution is 5.87. The van der Waals surface area contributed by atoms with Crippen LogP contribution in [0.25, 0.3) is 11.1 Å². The number of nitrogens with two attached hydrogens (primary N) is 1. The predicted molar refractivity (Wildman–Crippen MR) is 80.2 cm³/mol. The summed E-state index contributed by atoms with van der Waals surface area (Å²) in [6.07, 6.45) is 1.00. The van der Waals surface area contributed by atoms with E-state index in [4.69, 9.17) is 10.2 Å². The lowest BCUT2D eigenvalue weighted by molar-refractivity contribution is 0.573. The molecular formula is C16H15N3O. The van der Waals surface area contributed by atoms with Crippen molar-refractivity contribution in [1.29, 1.82) is 0 Å². The summed E-state index contributed by atoms with van der Waals surface area (Å²) in [6, 6.07) is 15.0. The first kappa shape index (κ1) is 11.3. The molecule has 20 heavy (non-hydrogen) atoms. The molecule has 4 rings (SSSR count). The number of anilines is 3. The van der Waals surface area contributed by atoms with Crippen LogP contribution in [0, 0.1) is 0 Å². The zero-order valence-electron chi connectivity index (χ0n) is 11.2. The minimum Gasteiger partial charge on any atom is -0.423 e. The number of fused-ring (bicyclic) bond motifs is 2. The van der Waals surface area contributed by atoms with E-state index in [1.807, 2.05) is 24.3 Å². The maximum Gasteiger partial charge on any atom is 0.303 e. The molecule has 0 saturated carbocycles. The molecule has 2 aromatic carbocycles. The topological polar surface area (TPSA) is 55.3 Å². The van der Waals surface area contributed by atoms with Crippen LogP contribution in [0.1, 0.15) is 12.5 Å². The fourth-order valence-corrected chi connectivity index (χ4v) is 2.92. The molecule has 3 aromatic rings. The summed E-state index contributed by atoms with van der Waals surface area (Å²) in [7, 11) is 0. The van der Waals surface area contributed by atoms with Crippen LogP contribution in [-0.4, -0.2) is 11.0 Å². The standard InChI is InChI=1S/C16H15N3O/c1-10-9-11-5-2-3-7-13(11)19(10)16-18-15-12(17)6-4-8-14(15)20-16/h2-8,10H,9,17H2,1H3. The first-order valence-electron chi connectivity index (χ1n) is 6.76. The Bertz CT molecular complexity index is 793. The number of benzene rings is 2. The molecular weight excluding hydrogens is 250 g/mol. The molecule has 0 saturated heterocycles. The second kappa shape index (κ2) is 4.00. The highest BCUT2D eigenvalue weighted by Crippen LogP contribution is 2.39. The van der Waals surface area contributed by atoms with Crippen molar-refractivity contribution < 1.29 is 4.42 Å². The van der Waals surface area contributed by atoms with Gasteiger partial charge in [-0.1, -0.05) is 24.3 Å². The number of aromatic nitrogens is 1. The molecule has 0 fully saturated rings. The molecule has 0 aliphatic carbocycles. The van der Waals surface area contributed by atoms with Gasteiger partial charge in [0, 0.05) is 11.7 Å². The van der Waals surface area contributed by atoms with Crippen LogP contribution in [-0.2, 0) is 6.42 Å². The number of hydrogen-bond acceptors (Lipinski definition) is 4. The van der Waals surface area contributed by atoms with E-state index in [-0.39, 0.29) is 0 Å². The lowest BCUT2D eigenvalue weighted by Gasteiger charge is -2.19. The molecule has 4 nitrogen and oxygen atoms in total. The summed E-state index contributed by atoms with van der Waals surface area (Å²) in [5.41, 5.74) is 10.6. The van der Waals surface area contributed by atoms with E-state index in [2.05, 4.69) is 35.0 Å². The normalized spacial score (nSPS) is 17.6. The van der Waals surface area contributed by atoms with Gasteiger partial charge in [-0.3, -0.25) is 4.90 Å². The minimum atomic E-state index is 0.335. The van der Waals surface area contributed by atoms with Gasteiger partial charge < -0.3 is 10.2 Å². The molecule has 0 amide bonds. The Kier molecular flexibility index (Phi) is 2.27. The number of hydrogen-bond donors (Lipinski definition) is 1. The third kappa shape index (κ3) is 1.51. The largest absolute Gasteiger partial charge is 0.423 e. The van der Waals surface area contributed by atoms with Gasteiger partial charge in [-0.2, -0.15) is 4.98 Å². The average Bonchev–Trinajstić information content (AvgIpc) is 2.99. The average molecular weight is 265 g/mol. The lowest BCUT2D eigenvalue weighted by Crippen LogP contribution is -2.24. The molecule has 0 bridgehead atoms. The fourth-order valence-electron chi connectivity index (χ4n) is 2.92. The van der Waals surface area contributed by atoms with E-state index in [1.54, 1.807) is 0 Å². The zero-order chi connectivity index (χ0) is 13.7. The third-order valence-electron chi connectivity index (χ3n) is 3.85. The van der Waals surface area contributed by atoms with Gasteiger partial charge >= 0.3 is 6.01 Å². The summed E-state index contributed by atoms with van der Waals surface area (Å²) < 4.78 is 5.89. The van der Waals surface area contributed by atoms with E-state index in [0.717, 1.165) is 17.5 Å². The maximum absolute atomic E-state index is 5.96. The van der Waals surface area contributed by atoms with E-state index in [9.17, 15) is 0 Å². The summed E-state index contributed by atoms with van der Waals surface area (Å²) in [5, 5.41) is 0. The van der Waals surface area contributed by atoms with Gasteiger partial charge in [0.15, 0.2) is 5.58 Å². The smallest absolute Gasteiger partial charge is 0.303 e. The summed E-state index contributed by atoms with van der Waals surface area (Å²) in [4.78, 5) is 6.73. The molecule has 2 N–H and O–H groups in total. The Hall–Kier alpha value is -2.49. The number of nitrogens with zero attached hydrogens (tertiary/aromatic N) is 2. The van der Waals surface area contributed by atoms with Gasteiger partial charge in [0.2, 0.25) is 0 Å². The summed E-state index contributed by atoms with van der Waals surface area (Å²) in [6.45, 7) is 2.18. The van der Waals surface area contributed by atoms with Crippen molar-refractivity contribution in [2.75, 3.05) is 10.6 Å². The van der Waals surface area contributed by atoms with Crippen molar-refractivity contribution in [3.05, 3.63) is 48.0 Å². The molecule has 0 radical (unpaired) electrons. The van der Waals surface area contributed by atoms with Gasteiger partial charge in [-0.05, 0) is 37.1 Å². The number of nitrogen functional groups attached to an aromatic ring is 1. The van der Waals surface area contributed by atoms with Crippen LogP contribution in [0.2, 0.25) is 0 Å². The maximum atomic E-state index is 5.96.